The number of allylic oxidation sites excluding steroid dienone is 1. The first-order valence-electron chi connectivity index (χ1n) is 7.96. The number of ketones is 1. The molecule has 3 rings (SSSR count). The fraction of sp³-hybridized carbons (Fsp3) is 0.412. The predicted octanol–water partition coefficient (Wildman–Crippen LogP) is 2.91. The van der Waals surface area contributed by atoms with Crippen molar-refractivity contribution in [3.8, 4) is 5.75 Å². The van der Waals surface area contributed by atoms with Crippen LogP contribution in [-0.4, -0.2) is 21.0 Å². The van der Waals surface area contributed by atoms with Crippen LogP contribution in [0.2, 0.25) is 0 Å². The molecule has 0 radical (unpaired) electrons. The van der Waals surface area contributed by atoms with E-state index in [-0.39, 0.29) is 11.7 Å². The van der Waals surface area contributed by atoms with Crippen LogP contribution in [0.15, 0.2) is 24.5 Å². The van der Waals surface area contributed by atoms with Crippen LogP contribution in [0.4, 0.5) is 0 Å². The van der Waals surface area contributed by atoms with Gasteiger partial charge in [-0.15, -0.1) is 10.2 Å². The zero-order valence-electron chi connectivity index (χ0n) is 13.7. The first kappa shape index (κ1) is 16.6. The summed E-state index contributed by atoms with van der Waals surface area (Å²) in [6, 6.07) is 3.52. The number of carbonyl (C=O) groups excluding carboxylic acids is 1. The second-order valence-corrected chi connectivity index (χ2v) is 7.17. The number of hydrogen-bond acceptors (Lipinski definition) is 7. The molecule has 0 aliphatic heterocycles. The topological polar surface area (TPSA) is 91.0 Å². The Kier molecular flexibility index (Phi) is 4.89. The van der Waals surface area contributed by atoms with Crippen molar-refractivity contribution in [3.05, 3.63) is 40.2 Å². The monoisotopic (exact) mass is 344 g/mol. The Labute approximate surface area is 144 Å². The zero-order valence-corrected chi connectivity index (χ0v) is 14.5. The van der Waals surface area contributed by atoms with Crippen molar-refractivity contribution in [2.45, 2.75) is 39.2 Å². The molecule has 0 amide bonds. The molecule has 1 fully saturated rings. The third kappa shape index (κ3) is 3.79. The average molecular weight is 344 g/mol. The second-order valence-electron chi connectivity index (χ2n) is 6.08. The molecule has 7 heteroatoms. The number of rotatable bonds is 7. The van der Waals surface area contributed by atoms with Gasteiger partial charge in [0.1, 0.15) is 17.4 Å². The Hall–Kier alpha value is -2.28. The van der Waals surface area contributed by atoms with Crippen molar-refractivity contribution >= 4 is 22.7 Å². The van der Waals surface area contributed by atoms with Gasteiger partial charge < -0.3 is 10.5 Å². The molecule has 126 valence electrons. The number of hydrogen-bond donors (Lipinski definition) is 1. The smallest absolute Gasteiger partial charge is 0.169 e. The molecule has 0 spiro atoms. The molecule has 2 aromatic rings. The highest BCUT2D eigenvalue weighted by atomic mass is 32.1. The van der Waals surface area contributed by atoms with Gasteiger partial charge >= 0.3 is 0 Å². The summed E-state index contributed by atoms with van der Waals surface area (Å²) in [6.07, 6.45) is 5.33. The molecule has 2 N–H and O–H groups in total. The SMILES string of the molecule is CC(C)C(=O)C(=CN)c1ccc(OCc2nnc(C3CC3)s2)cn1. The summed E-state index contributed by atoms with van der Waals surface area (Å²) in [5, 5.41) is 10.3. The predicted molar refractivity (Wildman–Crippen MR) is 92.5 cm³/mol. The molecule has 2 heterocycles. The maximum atomic E-state index is 12.1. The molecule has 6 nitrogen and oxygen atoms in total. The Balaban J connectivity index is 1.62. The zero-order chi connectivity index (χ0) is 17.1. The summed E-state index contributed by atoms with van der Waals surface area (Å²) >= 11 is 1.60. The molecule has 1 saturated carbocycles. The van der Waals surface area contributed by atoms with E-state index in [0.717, 1.165) is 10.0 Å². The summed E-state index contributed by atoms with van der Waals surface area (Å²) in [5.41, 5.74) is 6.56. The summed E-state index contributed by atoms with van der Waals surface area (Å²) in [4.78, 5) is 16.4. The lowest BCUT2D eigenvalue weighted by atomic mass is 9.99. The van der Waals surface area contributed by atoms with Gasteiger partial charge in [-0.3, -0.25) is 9.78 Å². The van der Waals surface area contributed by atoms with E-state index in [0.29, 0.717) is 29.5 Å². The molecule has 1 aliphatic rings. The van der Waals surface area contributed by atoms with E-state index in [2.05, 4.69) is 15.2 Å². The second kappa shape index (κ2) is 7.09. The van der Waals surface area contributed by atoms with E-state index < -0.39 is 0 Å². The minimum atomic E-state index is -0.129. The number of aromatic nitrogens is 3. The lowest BCUT2D eigenvalue weighted by Gasteiger charge is -2.09. The van der Waals surface area contributed by atoms with Gasteiger partial charge in [0.25, 0.3) is 0 Å². The summed E-state index contributed by atoms with van der Waals surface area (Å²) in [7, 11) is 0. The maximum absolute atomic E-state index is 12.1. The van der Waals surface area contributed by atoms with Crippen LogP contribution in [0, 0.1) is 5.92 Å². The van der Waals surface area contributed by atoms with Gasteiger partial charge in [-0.25, -0.2) is 0 Å². The lowest BCUT2D eigenvalue weighted by Crippen LogP contribution is -2.12. The molecule has 0 bridgehead atoms. The van der Waals surface area contributed by atoms with Gasteiger partial charge in [0, 0.05) is 18.0 Å². The molecule has 0 unspecified atom stereocenters. The first-order valence-corrected chi connectivity index (χ1v) is 8.77. The normalized spacial score (nSPS) is 14.9. The minimum Gasteiger partial charge on any atom is -0.485 e. The van der Waals surface area contributed by atoms with Crippen LogP contribution in [0.1, 0.15) is 48.3 Å². The van der Waals surface area contributed by atoms with Crippen LogP contribution in [0.5, 0.6) is 5.75 Å². The molecule has 1 aliphatic carbocycles. The maximum Gasteiger partial charge on any atom is 0.169 e. The van der Waals surface area contributed by atoms with Crippen molar-refractivity contribution in [2.75, 3.05) is 0 Å². The highest BCUT2D eigenvalue weighted by Crippen LogP contribution is 2.41. The third-order valence-corrected chi connectivity index (χ3v) is 4.80. The van der Waals surface area contributed by atoms with E-state index in [1.165, 1.54) is 19.0 Å². The lowest BCUT2D eigenvalue weighted by molar-refractivity contribution is -0.116. The number of nitrogens with zero attached hydrogens (tertiary/aromatic N) is 3. The van der Waals surface area contributed by atoms with E-state index >= 15 is 0 Å². The van der Waals surface area contributed by atoms with E-state index in [1.54, 1.807) is 29.7 Å². The van der Waals surface area contributed by atoms with Gasteiger partial charge in [-0.1, -0.05) is 25.2 Å². The van der Waals surface area contributed by atoms with Crippen LogP contribution in [0.25, 0.3) is 5.57 Å². The Morgan fingerprint density at radius 1 is 1.42 bits per heavy atom. The van der Waals surface area contributed by atoms with Gasteiger partial charge in [-0.2, -0.15) is 0 Å². The molecule has 0 aromatic carbocycles. The molecule has 0 saturated heterocycles. The minimum absolute atomic E-state index is 0.0277. The number of Topliss-reactive ketones (excluding diaryl/α,β-unsaturated/α-hetero) is 1. The van der Waals surface area contributed by atoms with Crippen LogP contribution >= 0.6 is 11.3 Å². The molecular weight excluding hydrogens is 324 g/mol. The summed E-state index contributed by atoms with van der Waals surface area (Å²) in [6.45, 7) is 4.04. The van der Waals surface area contributed by atoms with E-state index in [4.69, 9.17) is 10.5 Å². The molecule has 2 aromatic heterocycles. The standard InChI is InChI=1S/C17H20N4O2S/c1-10(2)16(22)13(7-18)14-6-5-12(8-19-14)23-9-15-20-21-17(24-15)11-3-4-11/h5-8,10-11H,3-4,9,18H2,1-2H3. The van der Waals surface area contributed by atoms with Crippen LogP contribution in [0.3, 0.4) is 0 Å². The largest absolute Gasteiger partial charge is 0.485 e. The van der Waals surface area contributed by atoms with E-state index in [9.17, 15) is 4.79 Å². The van der Waals surface area contributed by atoms with E-state index in [1.807, 2.05) is 13.8 Å². The number of nitrogens with two attached hydrogens (primary N) is 1. The van der Waals surface area contributed by atoms with Crippen molar-refractivity contribution < 1.29 is 9.53 Å². The fourth-order valence-electron chi connectivity index (χ4n) is 2.19. The average Bonchev–Trinajstić information content (AvgIpc) is 3.33. The molecule has 24 heavy (non-hydrogen) atoms. The Morgan fingerprint density at radius 2 is 2.21 bits per heavy atom. The molecular formula is C17H20N4O2S. The Morgan fingerprint density at radius 3 is 2.79 bits per heavy atom. The Bertz CT molecular complexity index is 748. The fourth-order valence-corrected chi connectivity index (χ4v) is 3.12. The quantitative estimate of drug-likeness (QED) is 0.777. The number of ether oxygens (including phenoxy) is 1. The summed E-state index contributed by atoms with van der Waals surface area (Å²) in [5.74, 6) is 1.07. The van der Waals surface area contributed by atoms with Gasteiger partial charge in [0.05, 0.1) is 17.5 Å². The third-order valence-electron chi connectivity index (χ3n) is 3.74. The van der Waals surface area contributed by atoms with Crippen LogP contribution < -0.4 is 10.5 Å². The highest BCUT2D eigenvalue weighted by Gasteiger charge is 2.27. The van der Waals surface area contributed by atoms with Gasteiger partial charge in [-0.05, 0) is 25.0 Å². The summed E-state index contributed by atoms with van der Waals surface area (Å²) < 4.78 is 5.69. The number of pyridine rings is 1. The number of carbonyl (C=O) groups is 1. The van der Waals surface area contributed by atoms with Crippen molar-refractivity contribution in [2.24, 2.45) is 11.7 Å². The van der Waals surface area contributed by atoms with Crippen LogP contribution in [-0.2, 0) is 11.4 Å². The highest BCUT2D eigenvalue weighted by molar-refractivity contribution is 7.11. The first-order chi connectivity index (χ1) is 11.6. The van der Waals surface area contributed by atoms with Crippen molar-refractivity contribution in [1.82, 2.24) is 15.2 Å². The van der Waals surface area contributed by atoms with Crippen molar-refractivity contribution in [3.63, 3.8) is 0 Å². The van der Waals surface area contributed by atoms with Gasteiger partial charge in [0.2, 0.25) is 0 Å². The van der Waals surface area contributed by atoms with Crippen molar-refractivity contribution in [1.29, 1.82) is 0 Å². The molecule has 0 atom stereocenters. The van der Waals surface area contributed by atoms with Gasteiger partial charge in [0.15, 0.2) is 10.8 Å².